The molecule has 0 atom stereocenters. The maximum atomic E-state index is 10.3. The zero-order chi connectivity index (χ0) is 8.97. The summed E-state index contributed by atoms with van der Waals surface area (Å²) >= 11 is 0. The van der Waals surface area contributed by atoms with Gasteiger partial charge in [0.25, 0.3) is 0 Å². The lowest BCUT2D eigenvalue weighted by molar-refractivity contribution is -0.385. The van der Waals surface area contributed by atoms with Crippen LogP contribution in [0, 0.1) is 10.1 Å². The molecular formula is C6H5N3O3. The van der Waals surface area contributed by atoms with Gasteiger partial charge in [0.1, 0.15) is 18.2 Å². The maximum Gasteiger partial charge on any atom is 0.314 e. The highest BCUT2D eigenvalue weighted by Gasteiger charge is 2.12. The molecule has 1 N–H and O–H groups in total. The third kappa shape index (κ3) is 1.54. The molecule has 1 aromatic rings. The summed E-state index contributed by atoms with van der Waals surface area (Å²) < 4.78 is 0. The third-order valence-corrected chi connectivity index (χ3v) is 1.19. The number of aromatic amines is 1. The number of nitro groups is 1. The first-order valence-electron chi connectivity index (χ1n) is 3.05. The minimum absolute atomic E-state index is 0.145. The van der Waals surface area contributed by atoms with Gasteiger partial charge in [-0.1, -0.05) is 0 Å². The third-order valence-electron chi connectivity index (χ3n) is 1.19. The van der Waals surface area contributed by atoms with E-state index in [1.807, 2.05) is 0 Å². The van der Waals surface area contributed by atoms with Crippen LogP contribution in [0.2, 0.25) is 0 Å². The number of carbonyl (C=O) groups is 1. The number of carbonyl (C=O) groups excluding carboxylic acids is 1. The predicted octanol–water partition coefficient (Wildman–Crippen LogP) is 0.530. The molecule has 0 saturated carbocycles. The van der Waals surface area contributed by atoms with Crippen molar-refractivity contribution in [1.29, 1.82) is 0 Å². The molecule has 0 aromatic carbocycles. The normalized spacial score (nSPS) is 10.3. The van der Waals surface area contributed by atoms with Gasteiger partial charge in [0.15, 0.2) is 0 Å². The number of nitrogens with zero attached hydrogens (tertiary/aromatic N) is 2. The molecule has 1 rings (SSSR count). The molecule has 1 aromatic heterocycles. The second-order valence-electron chi connectivity index (χ2n) is 1.92. The first kappa shape index (κ1) is 8.12. The molecule has 0 fully saturated rings. The van der Waals surface area contributed by atoms with Crippen molar-refractivity contribution in [2.45, 2.75) is 0 Å². The zero-order valence-electron chi connectivity index (χ0n) is 5.93. The monoisotopic (exact) mass is 167 g/mol. The van der Waals surface area contributed by atoms with Crippen molar-refractivity contribution in [3.8, 4) is 0 Å². The van der Waals surface area contributed by atoms with E-state index in [1.54, 1.807) is 0 Å². The molecule has 12 heavy (non-hydrogen) atoms. The van der Waals surface area contributed by atoms with Gasteiger partial charge in [0.05, 0.1) is 4.92 Å². The van der Waals surface area contributed by atoms with E-state index < -0.39 is 4.92 Å². The molecule has 62 valence electrons. The smallest absolute Gasteiger partial charge is 0.299 e. The van der Waals surface area contributed by atoms with Crippen molar-refractivity contribution in [2.75, 3.05) is 0 Å². The van der Waals surface area contributed by atoms with Gasteiger partial charge in [-0.25, -0.2) is 0 Å². The number of aldehydes is 1. The number of hydrogen-bond acceptors (Lipinski definition) is 4. The van der Waals surface area contributed by atoms with Gasteiger partial charge in [0.2, 0.25) is 0 Å². The molecule has 6 nitrogen and oxygen atoms in total. The van der Waals surface area contributed by atoms with E-state index in [2.05, 4.69) is 10.2 Å². The molecule has 0 spiro atoms. The lowest BCUT2D eigenvalue weighted by Crippen LogP contribution is -1.87. The molecule has 0 unspecified atom stereocenters. The molecule has 0 bridgehead atoms. The second kappa shape index (κ2) is 3.42. The standard InChI is InChI=1S/C6H5N3O3/c10-3-1-2-5-6(9(11)12)4-7-8-5/h1-4H,(H,7,8)/b2-1+. The molecule has 0 radical (unpaired) electrons. The van der Waals surface area contributed by atoms with Crippen LogP contribution in [0.25, 0.3) is 6.08 Å². The van der Waals surface area contributed by atoms with Crippen LogP contribution in [0.4, 0.5) is 5.69 Å². The highest BCUT2D eigenvalue weighted by Crippen LogP contribution is 2.14. The molecule has 0 aliphatic carbocycles. The number of rotatable bonds is 3. The Morgan fingerprint density at radius 2 is 2.42 bits per heavy atom. The highest BCUT2D eigenvalue weighted by molar-refractivity contribution is 5.74. The summed E-state index contributed by atoms with van der Waals surface area (Å²) in [6, 6.07) is 0. The van der Waals surface area contributed by atoms with E-state index >= 15 is 0 Å². The fourth-order valence-electron chi connectivity index (χ4n) is 0.693. The van der Waals surface area contributed by atoms with Crippen LogP contribution in [0.3, 0.4) is 0 Å². The average Bonchev–Trinajstić information content (AvgIpc) is 2.48. The Hall–Kier alpha value is -1.98. The van der Waals surface area contributed by atoms with Crippen LogP contribution in [0.1, 0.15) is 5.69 Å². The van der Waals surface area contributed by atoms with E-state index in [4.69, 9.17) is 0 Å². The van der Waals surface area contributed by atoms with Gasteiger partial charge in [-0.05, 0) is 12.2 Å². The van der Waals surface area contributed by atoms with Crippen molar-refractivity contribution in [3.63, 3.8) is 0 Å². The maximum absolute atomic E-state index is 10.3. The average molecular weight is 167 g/mol. The number of aromatic nitrogens is 2. The van der Waals surface area contributed by atoms with Crippen LogP contribution >= 0.6 is 0 Å². The van der Waals surface area contributed by atoms with Crippen LogP contribution in [-0.4, -0.2) is 21.4 Å². The molecule has 0 amide bonds. The molecule has 0 aliphatic heterocycles. The lowest BCUT2D eigenvalue weighted by atomic mass is 10.3. The summed E-state index contributed by atoms with van der Waals surface area (Å²) in [5, 5.41) is 16.1. The quantitative estimate of drug-likeness (QED) is 0.307. The van der Waals surface area contributed by atoms with E-state index in [9.17, 15) is 14.9 Å². The molecule has 0 saturated heterocycles. The van der Waals surface area contributed by atoms with E-state index in [0.29, 0.717) is 6.29 Å². The SMILES string of the molecule is O=C/C=C/c1[nH]ncc1[N+](=O)[O-]. The largest absolute Gasteiger partial charge is 0.314 e. The Bertz CT molecular complexity index is 329. The van der Waals surface area contributed by atoms with Gasteiger partial charge in [-0.2, -0.15) is 5.10 Å². The fourth-order valence-corrected chi connectivity index (χ4v) is 0.693. The van der Waals surface area contributed by atoms with E-state index in [0.717, 1.165) is 12.3 Å². The molecule has 1 heterocycles. The van der Waals surface area contributed by atoms with E-state index in [-0.39, 0.29) is 11.4 Å². The summed E-state index contributed by atoms with van der Waals surface area (Å²) in [5.74, 6) is 0. The van der Waals surface area contributed by atoms with Crippen molar-refractivity contribution >= 4 is 18.0 Å². The van der Waals surface area contributed by atoms with Crippen molar-refractivity contribution < 1.29 is 9.72 Å². The Labute approximate surface area is 67.0 Å². The van der Waals surface area contributed by atoms with Crippen molar-refractivity contribution in [3.05, 3.63) is 28.1 Å². The topological polar surface area (TPSA) is 88.9 Å². The Kier molecular flexibility index (Phi) is 2.32. The minimum Gasteiger partial charge on any atom is -0.299 e. The first-order chi connectivity index (χ1) is 5.75. The summed E-state index contributed by atoms with van der Waals surface area (Å²) in [5.41, 5.74) is 0.0696. The van der Waals surface area contributed by atoms with Gasteiger partial charge in [-0.3, -0.25) is 20.0 Å². The Morgan fingerprint density at radius 3 is 3.00 bits per heavy atom. The lowest BCUT2D eigenvalue weighted by Gasteiger charge is -1.85. The molecule has 0 aliphatic rings. The summed E-state index contributed by atoms with van der Waals surface area (Å²) in [4.78, 5) is 19.6. The zero-order valence-corrected chi connectivity index (χ0v) is 5.93. The number of hydrogen-bond donors (Lipinski definition) is 1. The van der Waals surface area contributed by atoms with Crippen LogP contribution in [0.15, 0.2) is 12.3 Å². The molecular weight excluding hydrogens is 162 g/mol. The second-order valence-corrected chi connectivity index (χ2v) is 1.92. The summed E-state index contributed by atoms with van der Waals surface area (Å²) in [6.07, 6.45) is 4.06. The van der Waals surface area contributed by atoms with Crippen LogP contribution < -0.4 is 0 Å². The Balaban J connectivity index is 2.99. The Morgan fingerprint density at radius 1 is 1.67 bits per heavy atom. The van der Waals surface area contributed by atoms with E-state index in [1.165, 1.54) is 6.08 Å². The first-order valence-corrected chi connectivity index (χ1v) is 3.05. The van der Waals surface area contributed by atoms with Gasteiger partial charge in [0, 0.05) is 0 Å². The van der Waals surface area contributed by atoms with Gasteiger partial charge < -0.3 is 0 Å². The fraction of sp³-hybridized carbons (Fsp3) is 0. The van der Waals surface area contributed by atoms with Gasteiger partial charge >= 0.3 is 5.69 Å². The van der Waals surface area contributed by atoms with Crippen LogP contribution in [0.5, 0.6) is 0 Å². The molecule has 6 heteroatoms. The van der Waals surface area contributed by atoms with Gasteiger partial charge in [-0.15, -0.1) is 0 Å². The summed E-state index contributed by atoms with van der Waals surface area (Å²) in [6.45, 7) is 0. The summed E-state index contributed by atoms with van der Waals surface area (Å²) in [7, 11) is 0. The number of allylic oxidation sites excluding steroid dienone is 1. The van der Waals surface area contributed by atoms with Crippen LogP contribution in [-0.2, 0) is 4.79 Å². The van der Waals surface area contributed by atoms with Crippen molar-refractivity contribution in [1.82, 2.24) is 10.2 Å². The van der Waals surface area contributed by atoms with Crippen molar-refractivity contribution in [2.24, 2.45) is 0 Å². The minimum atomic E-state index is -0.575. The number of H-pyrrole nitrogens is 1. The predicted molar refractivity (Wildman–Crippen MR) is 40.3 cm³/mol. The highest BCUT2D eigenvalue weighted by atomic mass is 16.6. The number of nitrogens with one attached hydrogen (secondary N) is 1.